The molecule has 1 saturated heterocycles. The van der Waals surface area contributed by atoms with E-state index in [-0.39, 0.29) is 17.6 Å². The van der Waals surface area contributed by atoms with E-state index in [9.17, 15) is 9.59 Å². The molecule has 0 atom stereocenters. The minimum Gasteiger partial charge on any atom is -0.348 e. The largest absolute Gasteiger partial charge is 0.348 e. The van der Waals surface area contributed by atoms with E-state index in [0.717, 1.165) is 36.5 Å². The fourth-order valence-corrected chi connectivity index (χ4v) is 5.37. The van der Waals surface area contributed by atoms with E-state index >= 15 is 0 Å². The zero-order valence-electron chi connectivity index (χ0n) is 17.8. The molecule has 4 rings (SSSR count). The van der Waals surface area contributed by atoms with Gasteiger partial charge in [-0.2, -0.15) is 0 Å². The molecule has 0 aliphatic carbocycles. The Labute approximate surface area is 190 Å². The van der Waals surface area contributed by atoms with Crippen LogP contribution in [-0.4, -0.2) is 44.4 Å². The molecule has 0 saturated carbocycles. The molecular weight excluding hydrogens is 428 g/mol. The third-order valence-corrected chi connectivity index (χ3v) is 7.17. The monoisotopic (exact) mass is 454 g/mol. The molecule has 1 aliphatic rings. The highest BCUT2D eigenvalue weighted by Gasteiger charge is 2.21. The van der Waals surface area contributed by atoms with Crippen molar-refractivity contribution in [2.45, 2.75) is 33.2 Å². The Kier molecular flexibility index (Phi) is 6.77. The van der Waals surface area contributed by atoms with E-state index < -0.39 is 0 Å². The number of hydrogen-bond donors (Lipinski definition) is 1. The third kappa shape index (κ3) is 5.19. The second-order valence-corrected chi connectivity index (χ2v) is 9.51. The summed E-state index contributed by atoms with van der Waals surface area (Å²) in [5.41, 5.74) is 5.69. The van der Waals surface area contributed by atoms with Crippen LogP contribution in [0.1, 0.15) is 23.4 Å². The average molecular weight is 455 g/mol. The van der Waals surface area contributed by atoms with Gasteiger partial charge in [-0.3, -0.25) is 9.59 Å². The fourth-order valence-electron chi connectivity index (χ4n) is 3.79. The van der Waals surface area contributed by atoms with Crippen LogP contribution >= 0.6 is 23.1 Å². The normalized spacial score (nSPS) is 13.7. The van der Waals surface area contributed by atoms with Gasteiger partial charge in [-0.05, 0) is 31.9 Å². The number of benzene rings is 1. The molecule has 0 radical (unpaired) electrons. The number of aryl methyl sites for hydroxylation is 2. The molecule has 2 aromatic heterocycles. The number of anilines is 1. The molecule has 2 amide bonds. The summed E-state index contributed by atoms with van der Waals surface area (Å²) in [6.45, 7) is 6.34. The fraction of sp³-hybridized carbons (Fsp3) is 0.348. The molecule has 1 aromatic carbocycles. The van der Waals surface area contributed by atoms with Gasteiger partial charge in [-0.25, -0.2) is 4.98 Å². The number of nitrogens with one attached hydrogen (secondary N) is 1. The van der Waals surface area contributed by atoms with E-state index in [0.29, 0.717) is 11.7 Å². The lowest BCUT2D eigenvalue weighted by Crippen LogP contribution is -2.27. The lowest BCUT2D eigenvalue weighted by molar-refractivity contribution is -0.116. The van der Waals surface area contributed by atoms with Crippen molar-refractivity contribution in [3.05, 3.63) is 58.7 Å². The molecule has 1 fully saturated rings. The van der Waals surface area contributed by atoms with Crippen molar-refractivity contribution in [3.8, 4) is 11.3 Å². The van der Waals surface area contributed by atoms with Gasteiger partial charge in [0.1, 0.15) is 0 Å². The van der Waals surface area contributed by atoms with Gasteiger partial charge in [0.25, 0.3) is 5.24 Å². The highest BCUT2D eigenvalue weighted by atomic mass is 32.2. The minimum absolute atomic E-state index is 0.0620. The van der Waals surface area contributed by atoms with Crippen LogP contribution in [-0.2, 0) is 17.8 Å². The summed E-state index contributed by atoms with van der Waals surface area (Å²) in [7, 11) is 0. The number of carbonyl (C=O) groups is 2. The average Bonchev–Trinajstić information content (AvgIpc) is 3.46. The van der Waals surface area contributed by atoms with Crippen LogP contribution in [0.15, 0.2) is 41.8 Å². The zero-order valence-corrected chi connectivity index (χ0v) is 19.4. The molecule has 0 bridgehead atoms. The molecule has 1 N–H and O–H groups in total. The van der Waals surface area contributed by atoms with E-state index in [4.69, 9.17) is 0 Å². The number of thioether (sulfide) groups is 1. The summed E-state index contributed by atoms with van der Waals surface area (Å²) >= 11 is 2.74. The van der Waals surface area contributed by atoms with Crippen LogP contribution < -0.4 is 5.32 Å². The maximum absolute atomic E-state index is 12.3. The number of thiazole rings is 1. The number of aromatic nitrogens is 2. The first-order chi connectivity index (χ1) is 15.0. The molecule has 3 aromatic rings. The summed E-state index contributed by atoms with van der Waals surface area (Å²) < 4.78 is 2.32. The van der Waals surface area contributed by atoms with Crippen molar-refractivity contribution in [1.29, 1.82) is 0 Å². The van der Waals surface area contributed by atoms with Gasteiger partial charge in [-0.1, -0.05) is 42.1 Å². The van der Waals surface area contributed by atoms with Gasteiger partial charge in [0, 0.05) is 54.1 Å². The first kappa shape index (κ1) is 21.6. The van der Waals surface area contributed by atoms with E-state index in [2.05, 4.69) is 59.0 Å². The summed E-state index contributed by atoms with van der Waals surface area (Å²) in [5, 5.41) is 5.52. The summed E-state index contributed by atoms with van der Waals surface area (Å²) in [6, 6.07) is 12.7. The number of rotatable bonds is 8. The van der Waals surface area contributed by atoms with Crippen molar-refractivity contribution in [2.24, 2.45) is 0 Å². The Morgan fingerprint density at radius 2 is 2.00 bits per heavy atom. The first-order valence-corrected chi connectivity index (χ1v) is 12.3. The molecule has 6 nitrogen and oxygen atoms in total. The lowest BCUT2D eigenvalue weighted by atomic mass is 10.1. The molecular formula is C23H26N4O2S2. The zero-order chi connectivity index (χ0) is 21.8. The lowest BCUT2D eigenvalue weighted by Gasteiger charge is -2.13. The first-order valence-electron chi connectivity index (χ1n) is 10.4. The van der Waals surface area contributed by atoms with Crippen LogP contribution in [0.3, 0.4) is 0 Å². The molecule has 8 heteroatoms. The second kappa shape index (κ2) is 9.70. The van der Waals surface area contributed by atoms with Crippen LogP contribution in [0.4, 0.5) is 9.93 Å². The van der Waals surface area contributed by atoms with Gasteiger partial charge in [0.2, 0.25) is 5.91 Å². The molecule has 0 unspecified atom stereocenters. The number of nitrogens with zero attached hydrogens (tertiary/aromatic N) is 3. The predicted molar refractivity (Wildman–Crippen MR) is 128 cm³/mol. The summed E-state index contributed by atoms with van der Waals surface area (Å²) in [5.74, 6) is 0.694. The molecule has 162 valence electrons. The minimum atomic E-state index is -0.112. The quantitative estimate of drug-likeness (QED) is 0.522. The van der Waals surface area contributed by atoms with Crippen molar-refractivity contribution in [3.63, 3.8) is 0 Å². The standard InChI is InChI=1S/C23H26N4O2S2/c1-16-14-19(17(2)27(16)11-8-18-6-4-3-5-7-18)20-15-31-22(24-20)25-21(28)9-10-26-12-13-30-23(26)29/h3-7,14-15H,8-13H2,1-2H3,(H,24,25,28). The van der Waals surface area contributed by atoms with Gasteiger partial charge < -0.3 is 14.8 Å². The number of amides is 2. The molecule has 31 heavy (non-hydrogen) atoms. The van der Waals surface area contributed by atoms with Gasteiger partial charge in [0.15, 0.2) is 5.13 Å². The Bertz CT molecular complexity index is 1070. The SMILES string of the molecule is Cc1cc(-c2csc(NC(=O)CCN3CCSC3=O)n2)c(C)n1CCc1ccccc1. The summed E-state index contributed by atoms with van der Waals surface area (Å²) in [6.07, 6.45) is 1.27. The Morgan fingerprint density at radius 3 is 2.74 bits per heavy atom. The Morgan fingerprint density at radius 1 is 1.19 bits per heavy atom. The number of hydrogen-bond acceptors (Lipinski definition) is 5. The molecule has 1 aliphatic heterocycles. The molecule has 0 spiro atoms. The van der Waals surface area contributed by atoms with Crippen molar-refractivity contribution in [1.82, 2.24) is 14.5 Å². The maximum atomic E-state index is 12.3. The van der Waals surface area contributed by atoms with E-state index in [1.54, 1.807) is 4.90 Å². The topological polar surface area (TPSA) is 67.2 Å². The molecule has 3 heterocycles. The third-order valence-electron chi connectivity index (χ3n) is 5.52. The van der Waals surface area contributed by atoms with Crippen LogP contribution in [0.5, 0.6) is 0 Å². The number of carbonyl (C=O) groups excluding carboxylic acids is 2. The highest BCUT2D eigenvalue weighted by molar-refractivity contribution is 8.13. The maximum Gasteiger partial charge on any atom is 0.281 e. The van der Waals surface area contributed by atoms with Gasteiger partial charge in [-0.15, -0.1) is 11.3 Å². The smallest absolute Gasteiger partial charge is 0.281 e. The Hall–Kier alpha value is -2.58. The van der Waals surface area contributed by atoms with Crippen LogP contribution in [0.25, 0.3) is 11.3 Å². The summed E-state index contributed by atoms with van der Waals surface area (Å²) in [4.78, 5) is 30.3. The van der Waals surface area contributed by atoms with Gasteiger partial charge in [0.05, 0.1) is 5.69 Å². The van der Waals surface area contributed by atoms with E-state index in [1.165, 1.54) is 40.0 Å². The van der Waals surface area contributed by atoms with Crippen molar-refractivity contribution >= 4 is 39.4 Å². The Balaban J connectivity index is 1.38. The predicted octanol–water partition coefficient (Wildman–Crippen LogP) is 4.97. The van der Waals surface area contributed by atoms with E-state index in [1.807, 2.05) is 11.4 Å². The van der Waals surface area contributed by atoms with Crippen LogP contribution in [0.2, 0.25) is 0 Å². The van der Waals surface area contributed by atoms with Crippen LogP contribution in [0, 0.1) is 13.8 Å². The highest BCUT2D eigenvalue weighted by Crippen LogP contribution is 2.30. The van der Waals surface area contributed by atoms with Gasteiger partial charge >= 0.3 is 0 Å². The van der Waals surface area contributed by atoms with Crippen molar-refractivity contribution in [2.75, 3.05) is 24.2 Å². The second-order valence-electron chi connectivity index (χ2n) is 7.61. The van der Waals surface area contributed by atoms with Crippen molar-refractivity contribution < 1.29 is 9.59 Å².